The van der Waals surface area contributed by atoms with Crippen molar-refractivity contribution in [2.45, 2.75) is 70.6 Å². The summed E-state index contributed by atoms with van der Waals surface area (Å²) < 4.78 is 0. The number of aliphatic carboxylic acids is 1. The Morgan fingerprint density at radius 1 is 0.853 bits per heavy atom. The van der Waals surface area contributed by atoms with Gasteiger partial charge in [-0.1, -0.05) is 44.2 Å². The fraction of sp³-hybridized carbons (Fsp3) is 0.522. The summed E-state index contributed by atoms with van der Waals surface area (Å²) >= 11 is 0. The molecule has 34 heavy (non-hydrogen) atoms. The summed E-state index contributed by atoms with van der Waals surface area (Å²) in [6, 6.07) is 4.58. The van der Waals surface area contributed by atoms with Gasteiger partial charge in [0.25, 0.3) is 0 Å². The van der Waals surface area contributed by atoms with E-state index in [1.54, 1.807) is 30.3 Å². The van der Waals surface area contributed by atoms with E-state index in [2.05, 4.69) is 16.0 Å². The zero-order chi connectivity index (χ0) is 25.8. The third-order valence-corrected chi connectivity index (χ3v) is 4.96. The quantitative estimate of drug-likeness (QED) is 0.206. The van der Waals surface area contributed by atoms with Gasteiger partial charge in [-0.25, -0.2) is 4.79 Å². The van der Waals surface area contributed by atoms with Gasteiger partial charge in [0.05, 0.1) is 6.04 Å². The van der Waals surface area contributed by atoms with Crippen LogP contribution in [0.3, 0.4) is 0 Å². The summed E-state index contributed by atoms with van der Waals surface area (Å²) in [6.07, 6.45) is -0.0465. The molecule has 1 rings (SSSR count). The van der Waals surface area contributed by atoms with Crippen molar-refractivity contribution in [3.63, 3.8) is 0 Å². The maximum absolute atomic E-state index is 13.1. The monoisotopic (exact) mass is 477 g/mol. The number of primary amides is 1. The molecule has 0 radical (unpaired) electrons. The molecule has 0 bridgehead atoms. The molecule has 0 aromatic heterocycles. The summed E-state index contributed by atoms with van der Waals surface area (Å²) in [7, 11) is 0. The highest BCUT2D eigenvalue weighted by atomic mass is 16.4. The molecule has 8 N–H and O–H groups in total. The first-order chi connectivity index (χ1) is 15.9. The normalized spacial score (nSPS) is 14.4. The second-order valence-electron chi connectivity index (χ2n) is 8.63. The van der Waals surface area contributed by atoms with E-state index < -0.39 is 53.8 Å². The van der Waals surface area contributed by atoms with Crippen LogP contribution in [0.4, 0.5) is 0 Å². The standard InChI is InChI=1S/C23H35N5O6/c1-13(2)11-18(23(33)34)28-21(31)16(9-10-19(25)29)26-22(32)17(27-20(30)14(3)24)12-15-7-5-4-6-8-15/h4-8,13-14,16-18H,9-12,24H2,1-3H3,(H2,25,29)(H,26,32)(H,27,30)(H,28,31)(H,33,34). The number of carboxylic acid groups (broad SMARTS) is 1. The number of hydrogen-bond acceptors (Lipinski definition) is 6. The molecule has 0 aliphatic carbocycles. The Morgan fingerprint density at radius 3 is 1.88 bits per heavy atom. The lowest BCUT2D eigenvalue weighted by Crippen LogP contribution is -2.57. The van der Waals surface area contributed by atoms with Crippen molar-refractivity contribution in [3.05, 3.63) is 35.9 Å². The van der Waals surface area contributed by atoms with Gasteiger partial charge in [-0.2, -0.15) is 0 Å². The van der Waals surface area contributed by atoms with Crippen LogP contribution in [0.5, 0.6) is 0 Å². The Hall–Kier alpha value is -3.47. The predicted octanol–water partition coefficient (Wildman–Crippen LogP) is -0.573. The minimum Gasteiger partial charge on any atom is -0.480 e. The van der Waals surface area contributed by atoms with Crippen LogP contribution in [-0.2, 0) is 30.4 Å². The molecule has 0 fully saturated rings. The number of carboxylic acids is 1. The minimum absolute atomic E-state index is 0.0104. The SMILES string of the molecule is CC(C)CC(NC(=O)C(CCC(N)=O)NC(=O)C(Cc1ccccc1)NC(=O)C(C)N)C(=O)O. The fourth-order valence-corrected chi connectivity index (χ4v) is 3.16. The largest absolute Gasteiger partial charge is 0.480 e. The van der Waals surface area contributed by atoms with Gasteiger partial charge in [-0.3, -0.25) is 19.2 Å². The molecule has 0 saturated carbocycles. The van der Waals surface area contributed by atoms with Gasteiger partial charge in [-0.15, -0.1) is 0 Å². The molecule has 11 nitrogen and oxygen atoms in total. The Morgan fingerprint density at radius 2 is 1.38 bits per heavy atom. The van der Waals surface area contributed by atoms with Crippen LogP contribution in [0.15, 0.2) is 30.3 Å². The van der Waals surface area contributed by atoms with E-state index in [-0.39, 0.29) is 31.6 Å². The van der Waals surface area contributed by atoms with Gasteiger partial charge in [-0.05, 0) is 31.2 Å². The van der Waals surface area contributed by atoms with Crippen LogP contribution in [0.25, 0.3) is 0 Å². The van der Waals surface area contributed by atoms with Crippen molar-refractivity contribution in [2.75, 3.05) is 0 Å². The zero-order valence-electron chi connectivity index (χ0n) is 19.7. The number of rotatable bonds is 14. The van der Waals surface area contributed by atoms with Gasteiger partial charge < -0.3 is 32.5 Å². The highest BCUT2D eigenvalue weighted by molar-refractivity contribution is 5.94. The topological polar surface area (TPSA) is 194 Å². The fourth-order valence-electron chi connectivity index (χ4n) is 3.16. The van der Waals surface area contributed by atoms with Crippen molar-refractivity contribution in [2.24, 2.45) is 17.4 Å². The molecule has 0 spiro atoms. The lowest BCUT2D eigenvalue weighted by Gasteiger charge is -2.25. The average Bonchev–Trinajstić information content (AvgIpc) is 2.75. The van der Waals surface area contributed by atoms with E-state index in [1.165, 1.54) is 6.92 Å². The molecule has 0 heterocycles. The zero-order valence-corrected chi connectivity index (χ0v) is 19.7. The number of nitrogens with two attached hydrogens (primary N) is 2. The maximum atomic E-state index is 13.1. The molecule has 4 unspecified atom stereocenters. The predicted molar refractivity (Wildman–Crippen MR) is 125 cm³/mol. The van der Waals surface area contributed by atoms with E-state index in [0.29, 0.717) is 0 Å². The van der Waals surface area contributed by atoms with Crippen LogP contribution < -0.4 is 27.4 Å². The molecule has 188 valence electrons. The number of nitrogens with one attached hydrogen (secondary N) is 3. The molecule has 4 atom stereocenters. The summed E-state index contributed by atoms with van der Waals surface area (Å²) in [5, 5.41) is 16.9. The van der Waals surface area contributed by atoms with Crippen LogP contribution in [0.1, 0.15) is 45.6 Å². The van der Waals surface area contributed by atoms with Gasteiger partial charge in [0, 0.05) is 12.8 Å². The first-order valence-electron chi connectivity index (χ1n) is 11.1. The molecule has 1 aromatic carbocycles. The molecular weight excluding hydrogens is 442 g/mol. The van der Waals surface area contributed by atoms with Crippen LogP contribution in [0, 0.1) is 5.92 Å². The smallest absolute Gasteiger partial charge is 0.326 e. The van der Waals surface area contributed by atoms with E-state index in [0.717, 1.165) is 5.56 Å². The second-order valence-corrected chi connectivity index (χ2v) is 8.63. The van der Waals surface area contributed by atoms with Gasteiger partial charge in [0.2, 0.25) is 23.6 Å². The van der Waals surface area contributed by atoms with E-state index in [1.807, 2.05) is 13.8 Å². The van der Waals surface area contributed by atoms with Crippen LogP contribution >= 0.6 is 0 Å². The van der Waals surface area contributed by atoms with E-state index in [9.17, 15) is 29.1 Å². The Labute approximate surface area is 199 Å². The first-order valence-corrected chi connectivity index (χ1v) is 11.1. The molecule has 4 amide bonds. The third-order valence-electron chi connectivity index (χ3n) is 4.96. The Kier molecular flexibility index (Phi) is 11.7. The summed E-state index contributed by atoms with van der Waals surface area (Å²) in [6.45, 7) is 5.09. The van der Waals surface area contributed by atoms with Crippen molar-refractivity contribution in [1.82, 2.24) is 16.0 Å². The Bertz CT molecular complexity index is 859. The molecule has 0 aliphatic heterocycles. The summed E-state index contributed by atoms with van der Waals surface area (Å²) in [5.74, 6) is -3.91. The number of carbonyl (C=O) groups excluding carboxylic acids is 4. The lowest BCUT2D eigenvalue weighted by molar-refractivity contribution is -0.143. The number of carbonyl (C=O) groups is 5. The van der Waals surface area contributed by atoms with Crippen LogP contribution in [-0.4, -0.2) is 58.9 Å². The summed E-state index contributed by atoms with van der Waals surface area (Å²) in [5.41, 5.74) is 11.6. The van der Waals surface area contributed by atoms with Crippen molar-refractivity contribution in [1.29, 1.82) is 0 Å². The van der Waals surface area contributed by atoms with Gasteiger partial charge in [0.1, 0.15) is 18.1 Å². The van der Waals surface area contributed by atoms with E-state index >= 15 is 0 Å². The molecule has 0 aliphatic rings. The summed E-state index contributed by atoms with van der Waals surface area (Å²) in [4.78, 5) is 61.0. The third kappa shape index (κ3) is 10.4. The molecule has 11 heteroatoms. The molecule has 1 aromatic rings. The highest BCUT2D eigenvalue weighted by Crippen LogP contribution is 2.08. The Balaban J connectivity index is 3.08. The number of amides is 4. The highest BCUT2D eigenvalue weighted by Gasteiger charge is 2.30. The van der Waals surface area contributed by atoms with Gasteiger partial charge >= 0.3 is 5.97 Å². The second kappa shape index (κ2) is 13.9. The minimum atomic E-state index is -1.24. The molecular formula is C23H35N5O6. The average molecular weight is 478 g/mol. The van der Waals surface area contributed by atoms with Crippen LogP contribution in [0.2, 0.25) is 0 Å². The maximum Gasteiger partial charge on any atom is 0.326 e. The van der Waals surface area contributed by atoms with Crippen molar-refractivity contribution >= 4 is 29.6 Å². The van der Waals surface area contributed by atoms with Crippen molar-refractivity contribution < 1.29 is 29.1 Å². The van der Waals surface area contributed by atoms with E-state index in [4.69, 9.17) is 11.5 Å². The molecule has 0 saturated heterocycles. The first kappa shape index (κ1) is 28.6. The van der Waals surface area contributed by atoms with Gasteiger partial charge in [0.15, 0.2) is 0 Å². The lowest BCUT2D eigenvalue weighted by atomic mass is 10.0. The number of hydrogen-bond donors (Lipinski definition) is 6. The van der Waals surface area contributed by atoms with Crippen molar-refractivity contribution in [3.8, 4) is 0 Å². The number of benzene rings is 1.